The van der Waals surface area contributed by atoms with E-state index in [1.165, 1.54) is 11.1 Å². The van der Waals surface area contributed by atoms with Crippen LogP contribution in [0.2, 0.25) is 0 Å². The van der Waals surface area contributed by atoms with E-state index in [-0.39, 0.29) is 5.41 Å². The van der Waals surface area contributed by atoms with Crippen molar-refractivity contribution in [2.45, 2.75) is 41.0 Å². The Balaban J connectivity index is 3.11. The van der Waals surface area contributed by atoms with Crippen LogP contribution in [0.25, 0.3) is 0 Å². The van der Waals surface area contributed by atoms with Crippen LogP contribution in [0.1, 0.15) is 43.9 Å². The van der Waals surface area contributed by atoms with E-state index in [0.29, 0.717) is 0 Å². The van der Waals surface area contributed by atoms with Gasteiger partial charge in [0.25, 0.3) is 0 Å². The van der Waals surface area contributed by atoms with Crippen molar-refractivity contribution >= 4 is 29.5 Å². The lowest BCUT2D eigenvalue weighted by atomic mass is 9.87. The molecule has 0 aliphatic heterocycles. The SMILES string of the molecule is C=Nc1cc(C)c(C(=S)CC(C)(C)C)cc1C. The molecule has 0 radical (unpaired) electrons. The molecule has 1 aromatic rings. The number of hydrogen-bond acceptors (Lipinski definition) is 2. The first-order valence-corrected chi connectivity index (χ1v) is 6.26. The van der Waals surface area contributed by atoms with Crippen LogP contribution >= 0.6 is 12.2 Å². The molecule has 17 heavy (non-hydrogen) atoms. The molecule has 0 aliphatic rings. The fourth-order valence-electron chi connectivity index (χ4n) is 1.85. The number of aryl methyl sites for hydroxylation is 2. The molecule has 0 N–H and O–H groups in total. The van der Waals surface area contributed by atoms with Crippen LogP contribution in [0.15, 0.2) is 17.1 Å². The zero-order chi connectivity index (χ0) is 13.2. The quantitative estimate of drug-likeness (QED) is 0.425. The summed E-state index contributed by atoms with van der Waals surface area (Å²) >= 11 is 5.55. The number of aliphatic imine (C=N–C) groups is 1. The molecule has 0 bridgehead atoms. The van der Waals surface area contributed by atoms with Gasteiger partial charge in [-0.2, -0.15) is 0 Å². The van der Waals surface area contributed by atoms with Crippen molar-refractivity contribution in [1.29, 1.82) is 0 Å². The van der Waals surface area contributed by atoms with Crippen molar-refractivity contribution in [3.63, 3.8) is 0 Å². The van der Waals surface area contributed by atoms with Gasteiger partial charge in [-0.1, -0.05) is 33.0 Å². The van der Waals surface area contributed by atoms with Crippen LogP contribution in [-0.2, 0) is 0 Å². The van der Waals surface area contributed by atoms with Gasteiger partial charge in [0.1, 0.15) is 0 Å². The van der Waals surface area contributed by atoms with Gasteiger partial charge in [-0.3, -0.25) is 4.99 Å². The number of benzene rings is 1. The minimum Gasteiger partial charge on any atom is -0.264 e. The van der Waals surface area contributed by atoms with Crippen molar-refractivity contribution in [2.24, 2.45) is 10.4 Å². The minimum atomic E-state index is 0.229. The molecule has 0 spiro atoms. The van der Waals surface area contributed by atoms with Crippen LogP contribution in [0, 0.1) is 19.3 Å². The molecule has 0 heterocycles. The van der Waals surface area contributed by atoms with E-state index in [2.05, 4.69) is 51.5 Å². The van der Waals surface area contributed by atoms with Crippen LogP contribution in [0.4, 0.5) is 5.69 Å². The Morgan fingerprint density at radius 2 is 1.82 bits per heavy atom. The Labute approximate surface area is 110 Å². The molecule has 0 unspecified atom stereocenters. The summed E-state index contributed by atoms with van der Waals surface area (Å²) in [5.74, 6) is 0. The lowest BCUT2D eigenvalue weighted by Crippen LogP contribution is -2.13. The molecule has 0 saturated heterocycles. The highest BCUT2D eigenvalue weighted by atomic mass is 32.1. The van der Waals surface area contributed by atoms with Crippen LogP contribution in [0.3, 0.4) is 0 Å². The average Bonchev–Trinajstić information content (AvgIpc) is 2.18. The van der Waals surface area contributed by atoms with Gasteiger partial charge < -0.3 is 0 Å². The summed E-state index contributed by atoms with van der Waals surface area (Å²) in [6, 6.07) is 4.19. The van der Waals surface area contributed by atoms with Gasteiger partial charge in [-0.25, -0.2) is 0 Å². The van der Waals surface area contributed by atoms with Gasteiger partial charge in [0.05, 0.1) is 5.69 Å². The summed E-state index contributed by atoms with van der Waals surface area (Å²) in [6.45, 7) is 14.3. The molecule has 0 aromatic heterocycles. The maximum Gasteiger partial charge on any atom is 0.0654 e. The fraction of sp³-hybridized carbons (Fsp3) is 0.467. The Kier molecular flexibility index (Phi) is 4.21. The topological polar surface area (TPSA) is 12.4 Å². The van der Waals surface area contributed by atoms with Gasteiger partial charge in [-0.05, 0) is 61.2 Å². The normalized spacial score (nSPS) is 11.4. The summed E-state index contributed by atoms with van der Waals surface area (Å²) in [6.07, 6.45) is 0.934. The zero-order valence-electron chi connectivity index (χ0n) is 11.4. The van der Waals surface area contributed by atoms with Crippen molar-refractivity contribution in [1.82, 2.24) is 0 Å². The predicted octanol–water partition coefficient (Wildman–Crippen LogP) is 4.79. The zero-order valence-corrected chi connectivity index (χ0v) is 12.2. The van der Waals surface area contributed by atoms with E-state index in [9.17, 15) is 0 Å². The second-order valence-electron chi connectivity index (χ2n) is 5.77. The van der Waals surface area contributed by atoms with Gasteiger partial charge in [0.2, 0.25) is 0 Å². The van der Waals surface area contributed by atoms with E-state index in [1.54, 1.807) is 0 Å². The molecule has 0 fully saturated rings. The molecule has 1 nitrogen and oxygen atoms in total. The standard InChI is InChI=1S/C15H21NS/c1-10-8-13(16-6)11(2)7-12(10)14(17)9-15(3,4)5/h7-8H,6,9H2,1-5H3. The number of hydrogen-bond donors (Lipinski definition) is 0. The largest absolute Gasteiger partial charge is 0.264 e. The Hall–Kier alpha value is -1.02. The first-order chi connectivity index (χ1) is 7.74. The van der Waals surface area contributed by atoms with E-state index < -0.39 is 0 Å². The van der Waals surface area contributed by atoms with E-state index in [0.717, 1.165) is 22.5 Å². The molecule has 0 aliphatic carbocycles. The summed E-state index contributed by atoms with van der Waals surface area (Å²) < 4.78 is 0. The Morgan fingerprint density at radius 3 is 2.29 bits per heavy atom. The maximum absolute atomic E-state index is 5.55. The molecule has 1 aromatic carbocycles. The maximum atomic E-state index is 5.55. The third kappa shape index (κ3) is 3.74. The molecule has 0 amide bonds. The third-order valence-corrected chi connectivity index (χ3v) is 3.07. The summed E-state index contributed by atoms with van der Waals surface area (Å²) in [4.78, 5) is 5.05. The van der Waals surface area contributed by atoms with Crippen LogP contribution in [-0.4, -0.2) is 11.6 Å². The Bertz CT molecular complexity index is 453. The molecular formula is C15H21NS. The fourth-order valence-corrected chi connectivity index (χ4v) is 2.50. The van der Waals surface area contributed by atoms with Gasteiger partial charge in [-0.15, -0.1) is 0 Å². The summed E-state index contributed by atoms with van der Waals surface area (Å²) in [5, 5.41) is 0. The van der Waals surface area contributed by atoms with Gasteiger partial charge in [0, 0.05) is 4.86 Å². The molecule has 0 atom stereocenters. The van der Waals surface area contributed by atoms with E-state index in [4.69, 9.17) is 12.2 Å². The minimum absolute atomic E-state index is 0.229. The first-order valence-electron chi connectivity index (χ1n) is 5.86. The second kappa shape index (κ2) is 5.09. The molecular weight excluding hydrogens is 226 g/mol. The van der Waals surface area contributed by atoms with Gasteiger partial charge in [0.15, 0.2) is 0 Å². The molecule has 92 valence electrons. The first kappa shape index (κ1) is 14.0. The summed E-state index contributed by atoms with van der Waals surface area (Å²) in [5.41, 5.74) is 4.68. The van der Waals surface area contributed by atoms with E-state index >= 15 is 0 Å². The smallest absolute Gasteiger partial charge is 0.0654 e. The number of rotatable bonds is 3. The van der Waals surface area contributed by atoms with Crippen molar-refractivity contribution in [3.8, 4) is 0 Å². The van der Waals surface area contributed by atoms with Crippen molar-refractivity contribution in [2.75, 3.05) is 0 Å². The number of thiocarbonyl (C=S) groups is 1. The van der Waals surface area contributed by atoms with Crippen LogP contribution in [0.5, 0.6) is 0 Å². The monoisotopic (exact) mass is 247 g/mol. The lowest BCUT2D eigenvalue weighted by Gasteiger charge is -2.20. The number of nitrogens with zero attached hydrogens (tertiary/aromatic N) is 1. The predicted molar refractivity (Wildman–Crippen MR) is 80.9 cm³/mol. The molecule has 2 heteroatoms. The average molecular weight is 247 g/mol. The lowest BCUT2D eigenvalue weighted by molar-refractivity contribution is 0.436. The molecule has 1 rings (SSSR count). The summed E-state index contributed by atoms with van der Waals surface area (Å²) in [7, 11) is 0. The molecule has 0 saturated carbocycles. The highest BCUT2D eigenvalue weighted by Gasteiger charge is 2.16. The van der Waals surface area contributed by atoms with Crippen molar-refractivity contribution in [3.05, 3.63) is 28.8 Å². The van der Waals surface area contributed by atoms with Crippen LogP contribution < -0.4 is 0 Å². The Morgan fingerprint density at radius 1 is 1.24 bits per heavy atom. The highest BCUT2D eigenvalue weighted by molar-refractivity contribution is 7.80. The third-order valence-electron chi connectivity index (χ3n) is 2.70. The van der Waals surface area contributed by atoms with Gasteiger partial charge >= 0.3 is 0 Å². The van der Waals surface area contributed by atoms with E-state index in [1.807, 2.05) is 6.92 Å². The second-order valence-corrected chi connectivity index (χ2v) is 6.27. The highest BCUT2D eigenvalue weighted by Crippen LogP contribution is 2.27. The van der Waals surface area contributed by atoms with Crippen molar-refractivity contribution < 1.29 is 0 Å².